The van der Waals surface area contributed by atoms with E-state index in [1.165, 1.54) is 69.1 Å². The second-order valence-electron chi connectivity index (χ2n) is 14.1. The number of nitrogens with zero attached hydrogens (tertiary/aromatic N) is 3. The van der Waals surface area contributed by atoms with Gasteiger partial charge in [-0.3, -0.25) is 24.3 Å². The minimum atomic E-state index is -0.153. The summed E-state index contributed by atoms with van der Waals surface area (Å²) >= 11 is 0. The average molecular weight is 680 g/mol. The molecule has 0 spiro atoms. The number of aliphatic imine (C=N–C) groups is 1. The second-order valence-corrected chi connectivity index (χ2v) is 14.1. The summed E-state index contributed by atoms with van der Waals surface area (Å²) in [4.78, 5) is 47.1. The van der Waals surface area contributed by atoms with E-state index in [2.05, 4.69) is 4.99 Å². The molecule has 6 rings (SSSR count). The van der Waals surface area contributed by atoms with Gasteiger partial charge in [0.2, 0.25) is 0 Å². The number of benzene rings is 3. The number of carbonyl (C=O) groups excluding carboxylic acids is 3. The summed E-state index contributed by atoms with van der Waals surface area (Å²) < 4.78 is 11.7. The number of amides is 3. The molecule has 3 amide bonds. The van der Waals surface area contributed by atoms with Crippen LogP contribution in [0, 0.1) is 0 Å². The Balaban J connectivity index is 0.750. The van der Waals surface area contributed by atoms with Crippen molar-refractivity contribution in [2.45, 2.75) is 115 Å². The second kappa shape index (κ2) is 17.6. The smallest absolute Gasteiger partial charge is 0.261 e. The molecule has 1 atom stereocenters. The quantitative estimate of drug-likeness (QED) is 0.0877. The lowest BCUT2D eigenvalue weighted by atomic mass is 9.94. The van der Waals surface area contributed by atoms with Crippen LogP contribution in [0.4, 0.5) is 5.69 Å². The van der Waals surface area contributed by atoms with Crippen LogP contribution in [0.5, 0.6) is 11.5 Å². The molecule has 3 aromatic rings. The first-order valence-electron chi connectivity index (χ1n) is 19.1. The molecule has 0 saturated carbocycles. The van der Waals surface area contributed by atoms with Gasteiger partial charge in [-0.1, -0.05) is 108 Å². The third-order valence-corrected chi connectivity index (χ3v) is 10.6. The molecular formula is C42H53N3O5. The van der Waals surface area contributed by atoms with Crippen LogP contribution in [0.1, 0.15) is 140 Å². The van der Waals surface area contributed by atoms with E-state index in [9.17, 15) is 14.4 Å². The topological polar surface area (TPSA) is 88.5 Å². The van der Waals surface area contributed by atoms with E-state index in [1.54, 1.807) is 13.2 Å². The molecule has 3 aliphatic rings. The number of carbonyl (C=O) groups is 3. The van der Waals surface area contributed by atoms with Crippen molar-refractivity contribution in [2.24, 2.45) is 4.99 Å². The van der Waals surface area contributed by atoms with E-state index in [0.717, 1.165) is 62.3 Å². The molecule has 0 unspecified atom stereocenters. The third kappa shape index (κ3) is 8.39. The Morgan fingerprint density at radius 3 is 1.86 bits per heavy atom. The molecule has 3 aromatic carbocycles. The minimum absolute atomic E-state index is 0.0304. The van der Waals surface area contributed by atoms with Crippen molar-refractivity contribution in [3.05, 3.63) is 65.2 Å². The monoisotopic (exact) mass is 679 g/mol. The van der Waals surface area contributed by atoms with Gasteiger partial charge in [-0.15, -0.1) is 0 Å². The van der Waals surface area contributed by atoms with Crippen LogP contribution in [-0.2, 0) is 0 Å². The first-order valence-corrected chi connectivity index (χ1v) is 19.1. The maximum absolute atomic E-state index is 13.1. The molecule has 3 heterocycles. The number of unbranched alkanes of at least 4 members (excludes halogenated alkanes) is 14. The normalized spacial score (nSPS) is 16.6. The van der Waals surface area contributed by atoms with Crippen molar-refractivity contribution < 1.29 is 23.9 Å². The van der Waals surface area contributed by atoms with Crippen molar-refractivity contribution in [3.63, 3.8) is 0 Å². The number of imide groups is 1. The van der Waals surface area contributed by atoms with E-state index in [4.69, 9.17) is 9.47 Å². The fourth-order valence-electron chi connectivity index (χ4n) is 7.76. The van der Waals surface area contributed by atoms with E-state index in [1.807, 2.05) is 53.6 Å². The molecule has 266 valence electrons. The zero-order chi connectivity index (χ0) is 34.7. The highest BCUT2D eigenvalue weighted by molar-refractivity contribution is 6.25. The Bertz CT molecular complexity index is 1630. The highest BCUT2D eigenvalue weighted by atomic mass is 16.5. The molecular weight excluding hydrogens is 626 g/mol. The summed E-state index contributed by atoms with van der Waals surface area (Å²) in [6, 6.07) is 15.1. The molecule has 0 N–H and O–H groups in total. The maximum Gasteiger partial charge on any atom is 0.261 e. The zero-order valence-corrected chi connectivity index (χ0v) is 29.8. The third-order valence-electron chi connectivity index (χ3n) is 10.6. The molecule has 8 nitrogen and oxygen atoms in total. The van der Waals surface area contributed by atoms with E-state index in [-0.39, 0.29) is 23.8 Å². The van der Waals surface area contributed by atoms with Gasteiger partial charge in [-0.2, -0.15) is 0 Å². The summed E-state index contributed by atoms with van der Waals surface area (Å²) in [5.74, 6) is 0.977. The lowest BCUT2D eigenvalue weighted by molar-refractivity contribution is 0.0607. The molecule has 0 radical (unpaired) electrons. The lowest BCUT2D eigenvalue weighted by Crippen LogP contribution is -2.40. The lowest BCUT2D eigenvalue weighted by Gasteiger charge is -2.27. The van der Waals surface area contributed by atoms with Crippen LogP contribution in [0.15, 0.2) is 53.5 Å². The van der Waals surface area contributed by atoms with Crippen LogP contribution >= 0.6 is 0 Å². The Morgan fingerprint density at radius 1 is 0.680 bits per heavy atom. The molecule has 0 bridgehead atoms. The highest BCUT2D eigenvalue weighted by Gasteiger charge is 2.33. The number of ether oxygens (including phenoxy) is 2. The van der Waals surface area contributed by atoms with Gasteiger partial charge in [0.15, 0.2) is 11.5 Å². The molecule has 3 aliphatic heterocycles. The summed E-state index contributed by atoms with van der Waals surface area (Å²) in [6.45, 7) is 1.91. The van der Waals surface area contributed by atoms with Crippen molar-refractivity contribution in [1.29, 1.82) is 0 Å². The molecule has 1 fully saturated rings. The van der Waals surface area contributed by atoms with Crippen LogP contribution < -0.4 is 9.47 Å². The SMILES string of the molecule is COc1cc2c(cc1OCCCCCCCCCCCCCCCCCN1C(=O)c3cccc4cccc(c34)C1=O)N=C[C@@H]1CCCN1C2=O. The first kappa shape index (κ1) is 35.6. The van der Waals surface area contributed by atoms with Crippen molar-refractivity contribution in [1.82, 2.24) is 9.80 Å². The van der Waals surface area contributed by atoms with E-state index < -0.39 is 0 Å². The highest BCUT2D eigenvalue weighted by Crippen LogP contribution is 2.38. The number of hydrogen-bond acceptors (Lipinski definition) is 6. The Hall–Kier alpha value is -4.20. The fraction of sp³-hybridized carbons (Fsp3) is 0.524. The van der Waals surface area contributed by atoms with Crippen molar-refractivity contribution in [3.8, 4) is 11.5 Å². The van der Waals surface area contributed by atoms with Gasteiger partial charge in [0.25, 0.3) is 17.7 Å². The van der Waals surface area contributed by atoms with E-state index >= 15 is 0 Å². The molecule has 8 heteroatoms. The molecule has 50 heavy (non-hydrogen) atoms. The summed E-state index contributed by atoms with van der Waals surface area (Å²) in [5, 5.41) is 1.75. The summed E-state index contributed by atoms with van der Waals surface area (Å²) in [5.41, 5.74) is 2.56. The number of rotatable bonds is 20. The van der Waals surface area contributed by atoms with Gasteiger partial charge in [-0.05, 0) is 49.3 Å². The van der Waals surface area contributed by atoms with Gasteiger partial charge >= 0.3 is 0 Å². The van der Waals surface area contributed by atoms with Gasteiger partial charge in [0.05, 0.1) is 31.0 Å². The predicted molar refractivity (Wildman–Crippen MR) is 199 cm³/mol. The minimum Gasteiger partial charge on any atom is -0.493 e. The number of fused-ring (bicyclic) bond motifs is 2. The van der Waals surface area contributed by atoms with Crippen LogP contribution in [0.2, 0.25) is 0 Å². The standard InChI is InChI=1S/C42H53N3O5/c1-49-37-28-35-36(43-30-32-22-19-26-44(32)42(35)48)29-38(37)50-27-16-14-12-10-8-6-4-2-3-5-7-9-11-13-15-25-45-40(46)33-23-17-20-31-21-18-24-34(39(31)33)41(45)47/h17-18,20-21,23-24,28-30,32H,2-16,19,22,25-27H2,1H3/t32-/m0/s1. The first-order chi connectivity index (χ1) is 24.6. The van der Waals surface area contributed by atoms with E-state index in [0.29, 0.717) is 47.0 Å². The van der Waals surface area contributed by atoms with Crippen molar-refractivity contribution >= 4 is 40.4 Å². The maximum atomic E-state index is 13.1. The van der Waals surface area contributed by atoms with Gasteiger partial charge in [-0.25, -0.2) is 0 Å². The van der Waals surface area contributed by atoms with Gasteiger partial charge < -0.3 is 14.4 Å². The number of hydrogen-bond donors (Lipinski definition) is 0. The van der Waals surface area contributed by atoms with Crippen LogP contribution in [-0.4, -0.2) is 66.6 Å². The fourth-order valence-corrected chi connectivity index (χ4v) is 7.76. The van der Waals surface area contributed by atoms with Crippen molar-refractivity contribution in [2.75, 3.05) is 26.8 Å². The predicted octanol–water partition coefficient (Wildman–Crippen LogP) is 9.70. The Labute approximate surface area is 297 Å². The van der Waals surface area contributed by atoms with Crippen LogP contribution in [0.3, 0.4) is 0 Å². The Morgan fingerprint density at radius 2 is 1.26 bits per heavy atom. The summed E-state index contributed by atoms with van der Waals surface area (Å²) in [6.07, 6.45) is 21.9. The van der Waals surface area contributed by atoms with Gasteiger partial charge in [0, 0.05) is 41.9 Å². The molecule has 0 aliphatic carbocycles. The average Bonchev–Trinajstić information content (AvgIpc) is 3.57. The van der Waals surface area contributed by atoms with Crippen LogP contribution in [0.25, 0.3) is 10.8 Å². The largest absolute Gasteiger partial charge is 0.493 e. The molecule has 1 saturated heterocycles. The number of methoxy groups -OCH3 is 1. The zero-order valence-electron chi connectivity index (χ0n) is 29.8. The Kier molecular flexibility index (Phi) is 12.6. The molecule has 0 aromatic heterocycles. The van der Waals surface area contributed by atoms with Gasteiger partial charge in [0.1, 0.15) is 0 Å². The summed E-state index contributed by atoms with van der Waals surface area (Å²) in [7, 11) is 1.62.